The maximum absolute atomic E-state index is 12.2. The van der Waals surface area contributed by atoms with E-state index in [0.29, 0.717) is 16.5 Å². The Morgan fingerprint density at radius 3 is 2.65 bits per heavy atom. The minimum absolute atomic E-state index is 0.0436. The Hall–Kier alpha value is -1.32. The molecular weight excluding hydrogens is 295 g/mol. The fourth-order valence-corrected chi connectivity index (χ4v) is 2.95. The number of fused-ring (bicyclic) bond motifs is 1. The van der Waals surface area contributed by atoms with E-state index in [-0.39, 0.29) is 11.2 Å². The van der Waals surface area contributed by atoms with Crippen molar-refractivity contribution in [3.63, 3.8) is 0 Å². The van der Waals surface area contributed by atoms with Crippen LogP contribution in [0.25, 0.3) is 5.69 Å². The number of halogens is 2. The van der Waals surface area contributed by atoms with Crippen LogP contribution in [0.1, 0.15) is 36.3 Å². The molecular formula is C15H14Cl2N2O. The van der Waals surface area contributed by atoms with Gasteiger partial charge >= 0.3 is 0 Å². The zero-order chi connectivity index (χ0) is 14.5. The molecule has 3 rings (SSSR count). The molecule has 1 heterocycles. The highest BCUT2D eigenvalue weighted by atomic mass is 35.5. The van der Waals surface area contributed by atoms with Crippen molar-refractivity contribution in [1.29, 1.82) is 0 Å². The second kappa shape index (κ2) is 4.61. The van der Waals surface area contributed by atoms with Gasteiger partial charge in [0.1, 0.15) is 0 Å². The van der Waals surface area contributed by atoms with E-state index < -0.39 is 0 Å². The van der Waals surface area contributed by atoms with Crippen LogP contribution in [0.3, 0.4) is 0 Å². The van der Waals surface area contributed by atoms with Crippen molar-refractivity contribution in [2.45, 2.75) is 26.7 Å². The number of aromatic nitrogens is 2. The van der Waals surface area contributed by atoms with Gasteiger partial charge in [0, 0.05) is 6.42 Å². The number of Topliss-reactive ketones (excluding diaryl/α,β-unsaturated/α-hetero) is 1. The number of hydrogen-bond donors (Lipinski definition) is 0. The van der Waals surface area contributed by atoms with E-state index in [0.717, 1.165) is 23.4 Å². The molecule has 5 heteroatoms. The summed E-state index contributed by atoms with van der Waals surface area (Å²) in [6, 6.07) is 5.36. The summed E-state index contributed by atoms with van der Waals surface area (Å²) in [5.41, 5.74) is 2.45. The first-order valence-corrected chi connectivity index (χ1v) is 7.18. The highest BCUT2D eigenvalue weighted by Gasteiger charge is 2.34. The van der Waals surface area contributed by atoms with Gasteiger partial charge in [0.2, 0.25) is 0 Å². The predicted molar refractivity (Wildman–Crippen MR) is 80.0 cm³/mol. The summed E-state index contributed by atoms with van der Waals surface area (Å²) in [5, 5.41) is 5.34. The Kier molecular flexibility index (Phi) is 3.14. The van der Waals surface area contributed by atoms with Crippen LogP contribution in [0, 0.1) is 5.41 Å². The second-order valence-corrected chi connectivity index (χ2v) is 6.77. The molecule has 1 aromatic carbocycles. The first kappa shape index (κ1) is 13.7. The maximum atomic E-state index is 12.2. The van der Waals surface area contributed by atoms with E-state index in [1.807, 2.05) is 6.07 Å². The van der Waals surface area contributed by atoms with Crippen molar-refractivity contribution in [1.82, 2.24) is 9.78 Å². The SMILES string of the molecule is CC1(C)CC(=O)c2cnn(-c3ccc(Cl)c(Cl)c3)c2C1. The van der Waals surface area contributed by atoms with Crippen molar-refractivity contribution in [2.75, 3.05) is 0 Å². The van der Waals surface area contributed by atoms with E-state index in [1.165, 1.54) is 0 Å². The van der Waals surface area contributed by atoms with Crippen LogP contribution >= 0.6 is 23.2 Å². The second-order valence-electron chi connectivity index (χ2n) is 5.96. The fraction of sp³-hybridized carbons (Fsp3) is 0.333. The summed E-state index contributed by atoms with van der Waals surface area (Å²) >= 11 is 12.0. The first-order valence-electron chi connectivity index (χ1n) is 6.43. The zero-order valence-electron chi connectivity index (χ0n) is 11.3. The Morgan fingerprint density at radius 1 is 1.20 bits per heavy atom. The number of carbonyl (C=O) groups excluding carboxylic acids is 1. The molecule has 0 saturated heterocycles. The number of nitrogens with zero attached hydrogens (tertiary/aromatic N) is 2. The van der Waals surface area contributed by atoms with E-state index in [2.05, 4.69) is 18.9 Å². The lowest BCUT2D eigenvalue weighted by Gasteiger charge is -2.28. The van der Waals surface area contributed by atoms with Gasteiger partial charge in [-0.25, -0.2) is 4.68 Å². The highest BCUT2D eigenvalue weighted by Crippen LogP contribution is 2.36. The molecule has 1 aliphatic carbocycles. The molecule has 0 aliphatic heterocycles. The lowest BCUT2D eigenvalue weighted by atomic mass is 9.76. The molecule has 0 bridgehead atoms. The molecule has 0 N–H and O–H groups in total. The van der Waals surface area contributed by atoms with Gasteiger partial charge in [0.25, 0.3) is 0 Å². The third kappa shape index (κ3) is 2.25. The molecule has 0 spiro atoms. The van der Waals surface area contributed by atoms with Crippen LogP contribution in [0.15, 0.2) is 24.4 Å². The summed E-state index contributed by atoms with van der Waals surface area (Å²) in [5.74, 6) is 0.155. The molecule has 1 aromatic heterocycles. The molecule has 0 amide bonds. The minimum Gasteiger partial charge on any atom is -0.294 e. The Labute approximate surface area is 127 Å². The highest BCUT2D eigenvalue weighted by molar-refractivity contribution is 6.42. The van der Waals surface area contributed by atoms with Crippen molar-refractivity contribution >= 4 is 29.0 Å². The lowest BCUT2D eigenvalue weighted by molar-refractivity contribution is 0.0911. The first-order chi connectivity index (χ1) is 9.37. The predicted octanol–water partition coefficient (Wildman–Crippen LogP) is 4.33. The smallest absolute Gasteiger partial charge is 0.166 e. The number of ketones is 1. The van der Waals surface area contributed by atoms with E-state index in [9.17, 15) is 4.79 Å². The molecule has 0 saturated carbocycles. The Balaban J connectivity index is 2.13. The number of carbonyl (C=O) groups is 1. The van der Waals surface area contributed by atoms with Gasteiger partial charge in [-0.05, 0) is 30.0 Å². The fourth-order valence-electron chi connectivity index (χ4n) is 2.66. The summed E-state index contributed by atoms with van der Waals surface area (Å²) in [6.45, 7) is 4.19. The van der Waals surface area contributed by atoms with E-state index >= 15 is 0 Å². The molecule has 20 heavy (non-hydrogen) atoms. The van der Waals surface area contributed by atoms with Gasteiger partial charge in [-0.3, -0.25) is 4.79 Å². The topological polar surface area (TPSA) is 34.9 Å². The van der Waals surface area contributed by atoms with Crippen LogP contribution in [0.4, 0.5) is 0 Å². The monoisotopic (exact) mass is 308 g/mol. The standard InChI is InChI=1S/C15H14Cl2N2O/c1-15(2)6-13-10(14(20)7-15)8-18-19(13)9-3-4-11(16)12(17)5-9/h3-5,8H,6-7H2,1-2H3. The number of benzene rings is 1. The molecule has 3 nitrogen and oxygen atoms in total. The van der Waals surface area contributed by atoms with Gasteiger partial charge < -0.3 is 0 Å². The van der Waals surface area contributed by atoms with E-state index in [1.54, 1.807) is 23.0 Å². The number of rotatable bonds is 1. The average Bonchev–Trinajstić information content (AvgIpc) is 2.75. The van der Waals surface area contributed by atoms with Crippen molar-refractivity contribution in [3.8, 4) is 5.69 Å². The molecule has 0 radical (unpaired) electrons. The molecule has 0 unspecified atom stereocenters. The summed E-state index contributed by atoms with van der Waals surface area (Å²) < 4.78 is 1.79. The van der Waals surface area contributed by atoms with E-state index in [4.69, 9.17) is 23.2 Å². The minimum atomic E-state index is -0.0436. The van der Waals surface area contributed by atoms with Crippen molar-refractivity contribution in [2.24, 2.45) is 5.41 Å². The van der Waals surface area contributed by atoms with Gasteiger partial charge in [-0.15, -0.1) is 0 Å². The van der Waals surface area contributed by atoms with Crippen molar-refractivity contribution < 1.29 is 4.79 Å². The van der Waals surface area contributed by atoms with Gasteiger partial charge in [0.05, 0.1) is 33.2 Å². The molecule has 0 atom stereocenters. The van der Waals surface area contributed by atoms with Crippen LogP contribution in [0.2, 0.25) is 10.0 Å². The van der Waals surface area contributed by atoms with Crippen molar-refractivity contribution in [3.05, 3.63) is 45.7 Å². The van der Waals surface area contributed by atoms with Gasteiger partial charge in [-0.1, -0.05) is 37.0 Å². The lowest BCUT2D eigenvalue weighted by Crippen LogP contribution is -2.27. The van der Waals surface area contributed by atoms with Crippen LogP contribution in [-0.2, 0) is 6.42 Å². The Bertz CT molecular complexity index is 704. The Morgan fingerprint density at radius 2 is 1.95 bits per heavy atom. The summed E-state index contributed by atoms with van der Waals surface area (Å²) in [6.07, 6.45) is 3.02. The molecule has 1 aliphatic rings. The van der Waals surface area contributed by atoms with Crippen LogP contribution in [0.5, 0.6) is 0 Å². The summed E-state index contributed by atoms with van der Waals surface area (Å²) in [4.78, 5) is 12.2. The van der Waals surface area contributed by atoms with Crippen LogP contribution in [-0.4, -0.2) is 15.6 Å². The zero-order valence-corrected chi connectivity index (χ0v) is 12.8. The van der Waals surface area contributed by atoms with Gasteiger partial charge in [-0.2, -0.15) is 5.10 Å². The third-order valence-corrected chi connectivity index (χ3v) is 4.34. The average molecular weight is 309 g/mol. The normalized spacial score (nSPS) is 17.1. The van der Waals surface area contributed by atoms with Gasteiger partial charge in [0.15, 0.2) is 5.78 Å². The number of hydrogen-bond acceptors (Lipinski definition) is 2. The quantitative estimate of drug-likeness (QED) is 0.785. The molecule has 2 aromatic rings. The maximum Gasteiger partial charge on any atom is 0.166 e. The largest absolute Gasteiger partial charge is 0.294 e. The van der Waals surface area contributed by atoms with Crippen LogP contribution < -0.4 is 0 Å². The molecule has 0 fully saturated rings. The summed E-state index contributed by atoms with van der Waals surface area (Å²) in [7, 11) is 0. The third-order valence-electron chi connectivity index (χ3n) is 3.60. The molecule has 104 valence electrons.